The van der Waals surface area contributed by atoms with Gasteiger partial charge in [-0.3, -0.25) is 9.59 Å². The first-order valence-electron chi connectivity index (χ1n) is 10.4. The Bertz CT molecular complexity index is 391. The number of carboxylic acids is 2. The van der Waals surface area contributed by atoms with Crippen LogP contribution in [-0.2, 0) is 26.7 Å². The SMILES string of the molecule is CCC1CCC(CCC(=O)O)C1.CCC1CCC(CCC(=O)O)CC1.[Cu]. The molecule has 0 heterocycles. The Balaban J connectivity index is 0.000000464. The van der Waals surface area contributed by atoms with E-state index in [-0.39, 0.29) is 17.1 Å². The van der Waals surface area contributed by atoms with Crippen molar-refractivity contribution in [1.82, 2.24) is 0 Å². The van der Waals surface area contributed by atoms with E-state index in [0.717, 1.165) is 24.7 Å². The van der Waals surface area contributed by atoms with Crippen molar-refractivity contribution in [3.8, 4) is 0 Å². The fourth-order valence-electron chi connectivity index (χ4n) is 4.40. The third kappa shape index (κ3) is 11.2. The molecule has 2 rings (SSSR count). The maximum Gasteiger partial charge on any atom is 0.303 e. The third-order valence-corrected chi connectivity index (χ3v) is 6.30. The number of aliphatic carboxylic acids is 2. The zero-order chi connectivity index (χ0) is 18.7. The smallest absolute Gasteiger partial charge is 0.303 e. The molecule has 2 fully saturated rings. The van der Waals surface area contributed by atoms with Crippen LogP contribution in [0.1, 0.15) is 97.3 Å². The summed E-state index contributed by atoms with van der Waals surface area (Å²) in [5.41, 5.74) is 0. The molecular weight excluding hydrogens is 380 g/mol. The average molecular weight is 418 g/mol. The molecule has 1 radical (unpaired) electrons. The molecule has 0 saturated heterocycles. The van der Waals surface area contributed by atoms with E-state index in [2.05, 4.69) is 13.8 Å². The molecule has 0 aromatic rings. The zero-order valence-corrected chi connectivity index (χ0v) is 17.5. The maximum atomic E-state index is 10.4. The van der Waals surface area contributed by atoms with Gasteiger partial charge in [0.05, 0.1) is 0 Å². The first-order chi connectivity index (χ1) is 11.9. The predicted octanol–water partition coefficient (Wildman–Crippen LogP) is 5.74. The van der Waals surface area contributed by atoms with Crippen LogP contribution in [-0.4, -0.2) is 22.2 Å². The predicted molar refractivity (Wildman–Crippen MR) is 101 cm³/mol. The van der Waals surface area contributed by atoms with Gasteiger partial charge in [0.25, 0.3) is 0 Å². The van der Waals surface area contributed by atoms with Gasteiger partial charge in [-0.1, -0.05) is 65.2 Å². The van der Waals surface area contributed by atoms with Crippen LogP contribution in [0, 0.1) is 23.7 Å². The Morgan fingerprint density at radius 2 is 1.08 bits per heavy atom. The number of carboxylic acid groups (broad SMARTS) is 2. The first kappa shape index (κ1) is 25.5. The molecule has 5 heteroatoms. The van der Waals surface area contributed by atoms with E-state index >= 15 is 0 Å². The summed E-state index contributed by atoms with van der Waals surface area (Å²) in [7, 11) is 0. The van der Waals surface area contributed by atoms with Gasteiger partial charge in [0, 0.05) is 29.9 Å². The third-order valence-electron chi connectivity index (χ3n) is 6.30. The van der Waals surface area contributed by atoms with E-state index in [1.807, 2.05) is 0 Å². The number of rotatable bonds is 8. The Kier molecular flexibility index (Phi) is 14.2. The van der Waals surface area contributed by atoms with Gasteiger partial charge in [-0.15, -0.1) is 0 Å². The summed E-state index contributed by atoms with van der Waals surface area (Å²) in [5.74, 6) is 1.90. The van der Waals surface area contributed by atoms with Gasteiger partial charge in [-0.2, -0.15) is 0 Å². The van der Waals surface area contributed by atoms with Crippen LogP contribution in [0.3, 0.4) is 0 Å². The summed E-state index contributed by atoms with van der Waals surface area (Å²) in [4.78, 5) is 20.7. The fraction of sp³-hybridized carbons (Fsp3) is 0.905. The quantitative estimate of drug-likeness (QED) is 0.493. The van der Waals surface area contributed by atoms with Gasteiger partial charge in [-0.25, -0.2) is 0 Å². The van der Waals surface area contributed by atoms with Gasteiger partial charge in [0.15, 0.2) is 0 Å². The molecule has 0 aromatic carbocycles. The number of hydrogen-bond donors (Lipinski definition) is 2. The molecule has 2 saturated carbocycles. The van der Waals surface area contributed by atoms with Crippen LogP contribution in [0.25, 0.3) is 0 Å². The Morgan fingerprint density at radius 1 is 0.692 bits per heavy atom. The maximum absolute atomic E-state index is 10.4. The largest absolute Gasteiger partial charge is 0.481 e. The van der Waals surface area contributed by atoms with Crippen molar-refractivity contribution >= 4 is 11.9 Å². The Labute approximate surface area is 170 Å². The Morgan fingerprint density at radius 3 is 1.50 bits per heavy atom. The standard InChI is InChI=1S/C11H20O2.C10H18O2.Cu/c1-2-9-3-5-10(6-4-9)7-8-11(12)13;1-2-8-3-4-9(7-8)5-6-10(11)12;/h9-10H,2-8H2,1H3,(H,12,13);8-9H,2-7H2,1H3,(H,11,12);. The summed E-state index contributed by atoms with van der Waals surface area (Å²) in [6.07, 6.45) is 14.1. The summed E-state index contributed by atoms with van der Waals surface area (Å²) in [5, 5.41) is 17.0. The van der Waals surface area contributed by atoms with Crippen molar-refractivity contribution in [1.29, 1.82) is 0 Å². The van der Waals surface area contributed by atoms with Gasteiger partial charge in [0.1, 0.15) is 0 Å². The molecule has 2 aliphatic carbocycles. The summed E-state index contributed by atoms with van der Waals surface area (Å²) in [6.45, 7) is 4.48. The van der Waals surface area contributed by atoms with E-state index < -0.39 is 11.9 Å². The van der Waals surface area contributed by atoms with Gasteiger partial charge < -0.3 is 10.2 Å². The van der Waals surface area contributed by atoms with Crippen LogP contribution >= 0.6 is 0 Å². The molecule has 26 heavy (non-hydrogen) atoms. The number of carbonyl (C=O) groups is 2. The molecule has 0 bridgehead atoms. The average Bonchev–Trinajstić information content (AvgIpc) is 3.07. The minimum Gasteiger partial charge on any atom is -0.481 e. The van der Waals surface area contributed by atoms with Crippen LogP contribution in [0.4, 0.5) is 0 Å². The monoisotopic (exact) mass is 417 g/mol. The van der Waals surface area contributed by atoms with Crippen molar-refractivity contribution in [2.75, 3.05) is 0 Å². The molecule has 2 unspecified atom stereocenters. The van der Waals surface area contributed by atoms with Gasteiger partial charge in [-0.05, 0) is 42.9 Å². The second-order valence-electron chi connectivity index (χ2n) is 8.11. The molecule has 0 amide bonds. The molecule has 2 N–H and O–H groups in total. The van der Waals surface area contributed by atoms with Crippen LogP contribution in [0.15, 0.2) is 0 Å². The second kappa shape index (κ2) is 14.5. The fourth-order valence-corrected chi connectivity index (χ4v) is 4.40. The molecule has 0 spiro atoms. The minimum atomic E-state index is -0.644. The van der Waals surface area contributed by atoms with Crippen molar-refractivity contribution in [2.45, 2.75) is 97.3 Å². The molecule has 157 valence electrons. The van der Waals surface area contributed by atoms with Crippen LogP contribution in [0.2, 0.25) is 0 Å². The first-order valence-corrected chi connectivity index (χ1v) is 10.4. The summed E-state index contributed by atoms with van der Waals surface area (Å²) < 4.78 is 0. The van der Waals surface area contributed by atoms with Crippen molar-refractivity contribution in [3.05, 3.63) is 0 Å². The van der Waals surface area contributed by atoms with Gasteiger partial charge >= 0.3 is 11.9 Å². The second-order valence-corrected chi connectivity index (χ2v) is 8.11. The van der Waals surface area contributed by atoms with Crippen LogP contribution < -0.4 is 0 Å². The summed E-state index contributed by atoms with van der Waals surface area (Å²) >= 11 is 0. The van der Waals surface area contributed by atoms with Crippen molar-refractivity contribution < 1.29 is 36.9 Å². The number of hydrogen-bond acceptors (Lipinski definition) is 2. The normalized spacial score (nSPS) is 27.8. The molecule has 0 aromatic heterocycles. The van der Waals surface area contributed by atoms with E-state index in [9.17, 15) is 9.59 Å². The Hall–Kier alpha value is -0.541. The van der Waals surface area contributed by atoms with Crippen LogP contribution in [0.5, 0.6) is 0 Å². The zero-order valence-electron chi connectivity index (χ0n) is 16.5. The van der Waals surface area contributed by atoms with Gasteiger partial charge in [0.2, 0.25) is 0 Å². The van der Waals surface area contributed by atoms with E-state index in [4.69, 9.17) is 10.2 Å². The van der Waals surface area contributed by atoms with E-state index in [1.54, 1.807) is 0 Å². The molecular formula is C21H38CuO4. The van der Waals surface area contributed by atoms with E-state index in [1.165, 1.54) is 57.8 Å². The summed E-state index contributed by atoms with van der Waals surface area (Å²) in [6, 6.07) is 0. The van der Waals surface area contributed by atoms with Crippen molar-refractivity contribution in [3.63, 3.8) is 0 Å². The topological polar surface area (TPSA) is 74.6 Å². The minimum absolute atomic E-state index is 0. The molecule has 2 aliphatic rings. The molecule has 2 atom stereocenters. The van der Waals surface area contributed by atoms with Crippen molar-refractivity contribution in [2.24, 2.45) is 23.7 Å². The van der Waals surface area contributed by atoms with E-state index in [0.29, 0.717) is 24.7 Å². The molecule has 0 aliphatic heterocycles. The molecule has 4 nitrogen and oxygen atoms in total.